The summed E-state index contributed by atoms with van der Waals surface area (Å²) in [6.45, 7) is 2.62. The summed E-state index contributed by atoms with van der Waals surface area (Å²) in [6, 6.07) is 9.56. The van der Waals surface area contributed by atoms with E-state index in [1.165, 1.54) is 23.5 Å². The molecule has 0 aliphatic heterocycles. The Balaban J connectivity index is 1.89. The molecule has 0 radical (unpaired) electrons. The number of halogens is 3. The summed E-state index contributed by atoms with van der Waals surface area (Å²) >= 11 is 3.07. The molecule has 2 heterocycles. The fraction of sp³-hybridized carbons (Fsp3) is 0.278. The third kappa shape index (κ3) is 4.04. The van der Waals surface area contributed by atoms with Crippen LogP contribution in [0.1, 0.15) is 29.3 Å². The van der Waals surface area contributed by atoms with Crippen molar-refractivity contribution in [3.63, 3.8) is 0 Å². The second-order valence-electron chi connectivity index (χ2n) is 5.90. The van der Waals surface area contributed by atoms with Gasteiger partial charge >= 0.3 is 6.18 Å². The zero-order chi connectivity index (χ0) is 17.9. The van der Waals surface area contributed by atoms with Crippen molar-refractivity contribution in [2.24, 2.45) is 0 Å². The minimum atomic E-state index is -4.34. The Kier molecular flexibility index (Phi) is 5.15. The fourth-order valence-electron chi connectivity index (χ4n) is 2.77. The molecule has 0 saturated carbocycles. The molecule has 0 aliphatic rings. The van der Waals surface area contributed by atoms with Crippen LogP contribution in [0.15, 0.2) is 53.4 Å². The molecule has 3 rings (SSSR count). The van der Waals surface area contributed by atoms with Crippen LogP contribution in [0.25, 0.3) is 0 Å². The van der Waals surface area contributed by atoms with Gasteiger partial charge in [0.15, 0.2) is 5.13 Å². The van der Waals surface area contributed by atoms with Crippen molar-refractivity contribution in [3.05, 3.63) is 69.4 Å². The van der Waals surface area contributed by atoms with Gasteiger partial charge in [-0.3, -0.25) is 0 Å². The average Bonchev–Trinajstić information content (AvgIpc) is 3.28. The molecular formula is C18H17F3N2S2. The van der Waals surface area contributed by atoms with Gasteiger partial charge in [0, 0.05) is 28.4 Å². The number of nitrogens with zero attached hydrogens (tertiary/aromatic N) is 1. The van der Waals surface area contributed by atoms with Crippen molar-refractivity contribution in [3.8, 4) is 0 Å². The van der Waals surface area contributed by atoms with Crippen molar-refractivity contribution in [2.75, 3.05) is 11.9 Å². The van der Waals surface area contributed by atoms with E-state index in [1.54, 1.807) is 23.6 Å². The fourth-order valence-corrected chi connectivity index (χ4v) is 4.27. The molecule has 0 unspecified atom stereocenters. The molecule has 0 amide bonds. The third-order valence-corrected chi connectivity index (χ3v) is 6.09. The van der Waals surface area contributed by atoms with E-state index in [-0.39, 0.29) is 0 Å². The summed E-state index contributed by atoms with van der Waals surface area (Å²) in [4.78, 5) is 5.23. The zero-order valence-corrected chi connectivity index (χ0v) is 15.1. The minimum Gasteiger partial charge on any atom is -0.361 e. The highest BCUT2D eigenvalue weighted by molar-refractivity contribution is 7.13. The summed E-state index contributed by atoms with van der Waals surface area (Å²) in [5, 5.41) is 7.90. The molecule has 1 aromatic carbocycles. The Morgan fingerprint density at radius 1 is 1.04 bits per heavy atom. The van der Waals surface area contributed by atoms with Gasteiger partial charge in [0.1, 0.15) is 0 Å². The first-order valence-corrected chi connectivity index (χ1v) is 9.50. The lowest BCUT2D eigenvalue weighted by molar-refractivity contribution is -0.137. The SMILES string of the molecule is C[C@](CCNc1nccs1)(c1cccc(C(F)(F)F)c1)c1cccs1. The Labute approximate surface area is 152 Å². The Morgan fingerprint density at radius 3 is 2.48 bits per heavy atom. The van der Waals surface area contributed by atoms with Crippen LogP contribution in [0, 0.1) is 0 Å². The third-order valence-electron chi connectivity index (χ3n) is 4.23. The summed E-state index contributed by atoms with van der Waals surface area (Å²) < 4.78 is 39.4. The second-order valence-corrected chi connectivity index (χ2v) is 7.74. The molecule has 0 spiro atoms. The number of alkyl halides is 3. The lowest BCUT2D eigenvalue weighted by atomic mass is 9.77. The first-order chi connectivity index (χ1) is 11.9. The number of hydrogen-bond acceptors (Lipinski definition) is 4. The largest absolute Gasteiger partial charge is 0.416 e. The van der Waals surface area contributed by atoms with Crippen molar-refractivity contribution in [1.29, 1.82) is 0 Å². The number of thiazole rings is 1. The lowest BCUT2D eigenvalue weighted by Crippen LogP contribution is -2.26. The first kappa shape index (κ1) is 17.9. The maximum Gasteiger partial charge on any atom is 0.416 e. The molecule has 25 heavy (non-hydrogen) atoms. The Hall–Kier alpha value is -1.86. The highest BCUT2D eigenvalue weighted by Gasteiger charge is 2.34. The van der Waals surface area contributed by atoms with Crippen molar-refractivity contribution >= 4 is 27.8 Å². The number of benzene rings is 1. The van der Waals surface area contributed by atoms with E-state index >= 15 is 0 Å². The summed E-state index contributed by atoms with van der Waals surface area (Å²) in [5.41, 5.74) is -0.439. The summed E-state index contributed by atoms with van der Waals surface area (Å²) in [7, 11) is 0. The van der Waals surface area contributed by atoms with Gasteiger partial charge in [-0.2, -0.15) is 13.2 Å². The number of rotatable bonds is 6. The Bertz CT molecular complexity index is 798. The lowest BCUT2D eigenvalue weighted by Gasteiger charge is -2.30. The first-order valence-electron chi connectivity index (χ1n) is 7.75. The average molecular weight is 382 g/mol. The predicted molar refractivity (Wildman–Crippen MR) is 97.4 cm³/mol. The van der Waals surface area contributed by atoms with Crippen LogP contribution in [0.4, 0.5) is 18.3 Å². The molecule has 2 aromatic heterocycles. The molecule has 0 saturated heterocycles. The molecule has 3 aromatic rings. The molecule has 0 fully saturated rings. The van der Waals surface area contributed by atoms with E-state index in [9.17, 15) is 13.2 Å². The predicted octanol–water partition coefficient (Wildman–Crippen LogP) is 6.03. The maximum atomic E-state index is 13.1. The van der Waals surface area contributed by atoms with Crippen LogP contribution in [-0.2, 0) is 11.6 Å². The smallest absolute Gasteiger partial charge is 0.361 e. The number of aromatic nitrogens is 1. The molecule has 7 heteroatoms. The zero-order valence-electron chi connectivity index (χ0n) is 13.5. The molecule has 1 N–H and O–H groups in total. The molecule has 1 atom stereocenters. The highest BCUT2D eigenvalue weighted by Crippen LogP contribution is 2.40. The van der Waals surface area contributed by atoms with Crippen LogP contribution >= 0.6 is 22.7 Å². The van der Waals surface area contributed by atoms with Crippen LogP contribution in [0.3, 0.4) is 0 Å². The van der Waals surface area contributed by atoms with E-state index in [2.05, 4.69) is 10.3 Å². The molecule has 0 bridgehead atoms. The highest BCUT2D eigenvalue weighted by atomic mass is 32.1. The van der Waals surface area contributed by atoms with Crippen molar-refractivity contribution in [2.45, 2.75) is 24.9 Å². The van der Waals surface area contributed by atoms with Crippen molar-refractivity contribution < 1.29 is 13.2 Å². The molecule has 0 aliphatic carbocycles. The van der Waals surface area contributed by atoms with E-state index in [4.69, 9.17) is 0 Å². The maximum absolute atomic E-state index is 13.1. The minimum absolute atomic E-state index is 0.500. The van der Waals surface area contributed by atoms with Gasteiger partial charge in [-0.05, 0) is 29.5 Å². The number of nitrogens with one attached hydrogen (secondary N) is 1. The standard InChI is InChI=1S/C18H17F3N2S2/c1-17(15-6-3-10-24-15,7-8-22-16-23-9-11-25-16)13-4-2-5-14(12-13)18(19,20)21/h2-6,9-12H,7-8H2,1H3,(H,22,23)/t17-/m0/s1. The number of hydrogen-bond donors (Lipinski definition) is 1. The van der Waals surface area contributed by atoms with E-state index < -0.39 is 17.2 Å². The topological polar surface area (TPSA) is 24.9 Å². The summed E-state index contributed by atoms with van der Waals surface area (Å²) in [6.07, 6.45) is -1.96. The summed E-state index contributed by atoms with van der Waals surface area (Å²) in [5.74, 6) is 0. The molecular weight excluding hydrogens is 365 g/mol. The van der Waals surface area contributed by atoms with E-state index in [1.807, 2.05) is 29.8 Å². The second kappa shape index (κ2) is 7.17. The van der Waals surface area contributed by atoms with Gasteiger partial charge in [-0.25, -0.2) is 4.98 Å². The van der Waals surface area contributed by atoms with Crippen LogP contribution in [0.5, 0.6) is 0 Å². The van der Waals surface area contributed by atoms with E-state index in [0.29, 0.717) is 18.5 Å². The van der Waals surface area contributed by atoms with Gasteiger partial charge in [0.25, 0.3) is 0 Å². The number of thiophene rings is 1. The van der Waals surface area contributed by atoms with Crippen molar-refractivity contribution in [1.82, 2.24) is 4.98 Å². The van der Waals surface area contributed by atoms with Gasteiger partial charge in [-0.15, -0.1) is 22.7 Å². The van der Waals surface area contributed by atoms with Gasteiger partial charge in [0.05, 0.1) is 5.56 Å². The normalized spacial score (nSPS) is 14.2. The van der Waals surface area contributed by atoms with Gasteiger partial charge in [0.2, 0.25) is 0 Å². The molecule has 2 nitrogen and oxygen atoms in total. The van der Waals surface area contributed by atoms with Gasteiger partial charge in [-0.1, -0.05) is 31.2 Å². The Morgan fingerprint density at radius 2 is 1.84 bits per heavy atom. The monoisotopic (exact) mass is 382 g/mol. The quantitative estimate of drug-likeness (QED) is 0.563. The van der Waals surface area contributed by atoms with Crippen LogP contribution < -0.4 is 5.32 Å². The molecule has 132 valence electrons. The number of anilines is 1. The van der Waals surface area contributed by atoms with Crippen LogP contribution in [0.2, 0.25) is 0 Å². The van der Waals surface area contributed by atoms with E-state index in [0.717, 1.165) is 16.1 Å². The van der Waals surface area contributed by atoms with Crippen LogP contribution in [-0.4, -0.2) is 11.5 Å². The van der Waals surface area contributed by atoms with Gasteiger partial charge < -0.3 is 5.32 Å².